The summed E-state index contributed by atoms with van der Waals surface area (Å²) in [6.45, 7) is 3.31. The van der Waals surface area contributed by atoms with Gasteiger partial charge in [0.05, 0.1) is 13.2 Å². The number of hydrogen-bond acceptors (Lipinski definition) is 3. The zero-order valence-electron chi connectivity index (χ0n) is 11.7. The molecule has 0 unspecified atom stereocenters. The van der Waals surface area contributed by atoms with Crippen LogP contribution in [0.3, 0.4) is 0 Å². The van der Waals surface area contributed by atoms with Crippen LogP contribution in [0, 0.1) is 18.8 Å². The largest absolute Gasteiger partial charge is 0.383 e. The number of carbonyl (C=O) groups is 1. The van der Waals surface area contributed by atoms with Crippen molar-refractivity contribution in [1.82, 2.24) is 4.90 Å². The highest BCUT2D eigenvalue weighted by molar-refractivity contribution is 5.95. The molecule has 1 aromatic rings. The van der Waals surface area contributed by atoms with Gasteiger partial charge >= 0.3 is 0 Å². The van der Waals surface area contributed by atoms with E-state index < -0.39 is 0 Å². The Morgan fingerprint density at radius 1 is 1.47 bits per heavy atom. The first-order chi connectivity index (χ1) is 9.10. The van der Waals surface area contributed by atoms with Gasteiger partial charge in [0.2, 0.25) is 0 Å². The van der Waals surface area contributed by atoms with Crippen molar-refractivity contribution >= 4 is 5.91 Å². The SMILES string of the molecule is COCCN(C)C(=O)c1cc(C#CCN)ccc1C. The van der Waals surface area contributed by atoms with Gasteiger partial charge in [0, 0.05) is 31.8 Å². The number of benzene rings is 1. The summed E-state index contributed by atoms with van der Waals surface area (Å²) in [5, 5.41) is 0. The summed E-state index contributed by atoms with van der Waals surface area (Å²) in [5.41, 5.74) is 7.76. The lowest BCUT2D eigenvalue weighted by molar-refractivity contribution is 0.0743. The number of nitrogens with zero attached hydrogens (tertiary/aromatic N) is 1. The fraction of sp³-hybridized carbons (Fsp3) is 0.400. The Labute approximate surface area is 114 Å². The summed E-state index contributed by atoms with van der Waals surface area (Å²) in [5.74, 6) is 5.70. The molecule has 1 rings (SSSR count). The van der Waals surface area contributed by atoms with Crippen LogP contribution in [0.25, 0.3) is 0 Å². The van der Waals surface area contributed by atoms with E-state index in [0.29, 0.717) is 25.3 Å². The van der Waals surface area contributed by atoms with Gasteiger partial charge in [-0.3, -0.25) is 4.79 Å². The first-order valence-electron chi connectivity index (χ1n) is 6.14. The van der Waals surface area contributed by atoms with E-state index in [1.54, 1.807) is 19.1 Å². The van der Waals surface area contributed by atoms with Gasteiger partial charge in [-0.2, -0.15) is 0 Å². The average Bonchev–Trinajstić information content (AvgIpc) is 2.43. The highest BCUT2D eigenvalue weighted by Gasteiger charge is 2.14. The highest BCUT2D eigenvalue weighted by Crippen LogP contribution is 2.13. The third-order valence-electron chi connectivity index (χ3n) is 2.78. The highest BCUT2D eigenvalue weighted by atomic mass is 16.5. The van der Waals surface area contributed by atoms with Gasteiger partial charge in [-0.25, -0.2) is 0 Å². The Morgan fingerprint density at radius 3 is 2.84 bits per heavy atom. The van der Waals surface area contributed by atoms with Crippen LogP contribution in [0.2, 0.25) is 0 Å². The molecule has 0 heterocycles. The number of rotatable bonds is 4. The van der Waals surface area contributed by atoms with Crippen LogP contribution in [0.5, 0.6) is 0 Å². The van der Waals surface area contributed by atoms with Crippen LogP contribution in [0.1, 0.15) is 21.5 Å². The maximum Gasteiger partial charge on any atom is 0.253 e. The van der Waals surface area contributed by atoms with Gasteiger partial charge in [-0.15, -0.1) is 0 Å². The molecule has 2 N–H and O–H groups in total. The zero-order chi connectivity index (χ0) is 14.3. The number of amides is 1. The molecule has 0 saturated carbocycles. The maximum absolute atomic E-state index is 12.3. The van der Waals surface area contributed by atoms with Crippen molar-refractivity contribution in [2.75, 3.05) is 33.9 Å². The fourth-order valence-electron chi connectivity index (χ4n) is 1.62. The molecule has 0 atom stereocenters. The van der Waals surface area contributed by atoms with Crippen molar-refractivity contribution < 1.29 is 9.53 Å². The molecule has 0 aliphatic rings. The second-order valence-electron chi connectivity index (χ2n) is 4.26. The smallest absolute Gasteiger partial charge is 0.253 e. The van der Waals surface area contributed by atoms with Crippen LogP contribution in [0.15, 0.2) is 18.2 Å². The fourth-order valence-corrected chi connectivity index (χ4v) is 1.62. The normalized spacial score (nSPS) is 9.68. The molecule has 0 fully saturated rings. The average molecular weight is 260 g/mol. The Bertz CT molecular complexity index is 501. The van der Waals surface area contributed by atoms with Crippen molar-refractivity contribution in [2.45, 2.75) is 6.92 Å². The van der Waals surface area contributed by atoms with E-state index in [2.05, 4.69) is 11.8 Å². The van der Waals surface area contributed by atoms with E-state index in [1.807, 2.05) is 25.1 Å². The predicted molar refractivity (Wildman–Crippen MR) is 75.9 cm³/mol. The first kappa shape index (κ1) is 15.2. The molecule has 4 nitrogen and oxygen atoms in total. The summed E-state index contributed by atoms with van der Waals surface area (Å²) in [7, 11) is 3.38. The number of hydrogen-bond donors (Lipinski definition) is 1. The Kier molecular flexibility index (Phi) is 6.07. The van der Waals surface area contributed by atoms with Crippen molar-refractivity contribution in [1.29, 1.82) is 0 Å². The lowest BCUT2D eigenvalue weighted by Gasteiger charge is -2.18. The van der Waals surface area contributed by atoms with Gasteiger partial charge in [0.25, 0.3) is 5.91 Å². The molecule has 0 saturated heterocycles. The van der Waals surface area contributed by atoms with Crippen LogP contribution in [-0.4, -0.2) is 44.7 Å². The van der Waals surface area contributed by atoms with Crippen LogP contribution in [-0.2, 0) is 4.74 Å². The van der Waals surface area contributed by atoms with E-state index in [4.69, 9.17) is 10.5 Å². The van der Waals surface area contributed by atoms with Gasteiger partial charge in [0.15, 0.2) is 0 Å². The predicted octanol–water partition coefficient (Wildman–Crippen LogP) is 1.02. The van der Waals surface area contributed by atoms with Crippen molar-refractivity contribution in [3.63, 3.8) is 0 Å². The molecule has 102 valence electrons. The van der Waals surface area contributed by atoms with Gasteiger partial charge in [0.1, 0.15) is 0 Å². The lowest BCUT2D eigenvalue weighted by atomic mass is 10.0. The minimum absolute atomic E-state index is 0.0223. The summed E-state index contributed by atoms with van der Waals surface area (Å²) < 4.78 is 4.98. The monoisotopic (exact) mass is 260 g/mol. The molecule has 1 amide bonds. The summed E-state index contributed by atoms with van der Waals surface area (Å²) >= 11 is 0. The van der Waals surface area contributed by atoms with Gasteiger partial charge in [-0.05, 0) is 24.6 Å². The standard InChI is InChI=1S/C15H20N2O2/c1-12-6-7-13(5-4-8-16)11-14(12)15(18)17(2)9-10-19-3/h6-7,11H,8-10,16H2,1-3H3. The molecular formula is C15H20N2O2. The van der Waals surface area contributed by atoms with E-state index in [1.165, 1.54) is 0 Å². The number of methoxy groups -OCH3 is 1. The molecule has 4 heteroatoms. The van der Waals surface area contributed by atoms with E-state index in [9.17, 15) is 4.79 Å². The summed E-state index contributed by atoms with van der Waals surface area (Å²) in [4.78, 5) is 13.9. The number of carbonyl (C=O) groups excluding carboxylic acids is 1. The number of likely N-dealkylation sites (N-methyl/N-ethyl adjacent to an activating group) is 1. The zero-order valence-corrected chi connectivity index (χ0v) is 11.7. The van der Waals surface area contributed by atoms with E-state index >= 15 is 0 Å². The summed E-state index contributed by atoms with van der Waals surface area (Å²) in [6, 6.07) is 5.60. The van der Waals surface area contributed by atoms with Crippen LogP contribution in [0.4, 0.5) is 0 Å². The maximum atomic E-state index is 12.3. The van der Waals surface area contributed by atoms with E-state index in [0.717, 1.165) is 11.1 Å². The first-order valence-corrected chi connectivity index (χ1v) is 6.14. The minimum atomic E-state index is -0.0223. The number of nitrogens with two attached hydrogens (primary N) is 1. The number of ether oxygens (including phenoxy) is 1. The molecular weight excluding hydrogens is 240 g/mol. The van der Waals surface area contributed by atoms with Crippen LogP contribution >= 0.6 is 0 Å². The Balaban J connectivity index is 2.95. The molecule has 0 aliphatic carbocycles. The topological polar surface area (TPSA) is 55.6 Å². The molecule has 0 radical (unpaired) electrons. The second kappa shape index (κ2) is 7.57. The molecule has 19 heavy (non-hydrogen) atoms. The quantitative estimate of drug-likeness (QED) is 0.822. The molecule has 0 aromatic heterocycles. The van der Waals surface area contributed by atoms with Gasteiger partial charge < -0.3 is 15.4 Å². The number of aryl methyl sites for hydroxylation is 1. The molecule has 0 aliphatic heterocycles. The van der Waals surface area contributed by atoms with Crippen molar-refractivity contribution in [3.8, 4) is 11.8 Å². The molecule has 0 bridgehead atoms. The van der Waals surface area contributed by atoms with Crippen molar-refractivity contribution in [3.05, 3.63) is 34.9 Å². The van der Waals surface area contributed by atoms with Crippen molar-refractivity contribution in [2.24, 2.45) is 5.73 Å². The Hall–Kier alpha value is -1.83. The minimum Gasteiger partial charge on any atom is -0.383 e. The van der Waals surface area contributed by atoms with E-state index in [-0.39, 0.29) is 5.91 Å². The third-order valence-corrected chi connectivity index (χ3v) is 2.78. The summed E-state index contributed by atoms with van der Waals surface area (Å²) in [6.07, 6.45) is 0. The molecule has 1 aromatic carbocycles. The third kappa shape index (κ3) is 4.40. The second-order valence-corrected chi connectivity index (χ2v) is 4.26. The van der Waals surface area contributed by atoms with Crippen LogP contribution < -0.4 is 5.73 Å². The van der Waals surface area contributed by atoms with Gasteiger partial charge in [-0.1, -0.05) is 17.9 Å². The lowest BCUT2D eigenvalue weighted by Crippen LogP contribution is -2.30. The molecule has 0 spiro atoms. The Morgan fingerprint density at radius 2 is 2.21 bits per heavy atom.